The van der Waals surface area contributed by atoms with E-state index in [4.69, 9.17) is 5.73 Å². The molecule has 0 radical (unpaired) electrons. The van der Waals surface area contributed by atoms with E-state index in [0.29, 0.717) is 45.0 Å². The number of thiazole rings is 1. The highest BCUT2D eigenvalue weighted by molar-refractivity contribution is 7.09. The van der Waals surface area contributed by atoms with Gasteiger partial charge in [0.2, 0.25) is 5.91 Å². The number of nitrogens with two attached hydrogens (primary N) is 1. The van der Waals surface area contributed by atoms with Crippen molar-refractivity contribution < 1.29 is 9.59 Å². The van der Waals surface area contributed by atoms with Gasteiger partial charge in [-0.2, -0.15) is 0 Å². The molecule has 1 aliphatic rings. The zero-order valence-corrected chi connectivity index (χ0v) is 12.3. The summed E-state index contributed by atoms with van der Waals surface area (Å²) in [5.74, 6) is -0.0580. The molecule has 3 N–H and O–H groups in total. The number of aromatic nitrogens is 1. The number of rotatable bonds is 4. The van der Waals surface area contributed by atoms with Crippen LogP contribution in [0.25, 0.3) is 0 Å². The number of nitrogens with zero attached hydrogens (tertiary/aromatic N) is 3. The van der Waals surface area contributed by atoms with Gasteiger partial charge in [-0.05, 0) is 0 Å². The minimum absolute atomic E-state index is 0.00290. The van der Waals surface area contributed by atoms with E-state index in [1.165, 1.54) is 11.3 Å². The molecule has 0 unspecified atom stereocenters. The van der Waals surface area contributed by atoms with E-state index >= 15 is 0 Å². The third kappa shape index (κ3) is 3.53. The lowest BCUT2D eigenvalue weighted by molar-refractivity contribution is -0.122. The highest BCUT2D eigenvalue weighted by atomic mass is 32.1. The molecule has 8 heteroatoms. The number of carbonyl (C=O) groups excluding carboxylic acids is 2. The Morgan fingerprint density at radius 1 is 1.40 bits per heavy atom. The number of nitrogens with one attached hydrogen (secondary N) is 1. The van der Waals surface area contributed by atoms with Gasteiger partial charge in [-0.15, -0.1) is 11.3 Å². The lowest BCUT2D eigenvalue weighted by Crippen LogP contribution is -2.50. The fourth-order valence-electron chi connectivity index (χ4n) is 2.06. The first-order valence-electron chi connectivity index (χ1n) is 6.50. The molecular formula is C12H19N5O2S. The standard InChI is InChI=1S/C12H19N5O2S/c1-14-10(18)7-16-2-4-17(5-3-16)12(19)9-8-20-11(6-13)15-9/h8H,2-7,13H2,1H3,(H,14,18). The molecule has 0 saturated carbocycles. The average molecular weight is 297 g/mol. The van der Waals surface area contributed by atoms with Gasteiger partial charge >= 0.3 is 0 Å². The molecule has 1 aliphatic heterocycles. The molecule has 0 aliphatic carbocycles. The van der Waals surface area contributed by atoms with Gasteiger partial charge in [0, 0.05) is 45.2 Å². The van der Waals surface area contributed by atoms with Gasteiger partial charge in [0.25, 0.3) is 5.91 Å². The lowest BCUT2D eigenvalue weighted by atomic mass is 10.3. The van der Waals surface area contributed by atoms with Crippen LogP contribution in [0.1, 0.15) is 15.5 Å². The van der Waals surface area contributed by atoms with Crippen LogP contribution < -0.4 is 11.1 Å². The van der Waals surface area contributed by atoms with Crippen LogP contribution in [0.2, 0.25) is 0 Å². The van der Waals surface area contributed by atoms with Crippen LogP contribution in [0.5, 0.6) is 0 Å². The first kappa shape index (κ1) is 14.9. The Kier molecular flexibility index (Phi) is 5.05. The predicted molar refractivity (Wildman–Crippen MR) is 76.4 cm³/mol. The smallest absolute Gasteiger partial charge is 0.273 e. The van der Waals surface area contributed by atoms with Crippen molar-refractivity contribution in [2.45, 2.75) is 6.54 Å². The molecule has 1 aromatic heterocycles. The van der Waals surface area contributed by atoms with Gasteiger partial charge < -0.3 is 16.0 Å². The second kappa shape index (κ2) is 6.78. The quantitative estimate of drug-likeness (QED) is 0.752. The fraction of sp³-hybridized carbons (Fsp3) is 0.583. The zero-order valence-electron chi connectivity index (χ0n) is 11.5. The van der Waals surface area contributed by atoms with Crippen LogP contribution in [0, 0.1) is 0 Å². The third-order valence-electron chi connectivity index (χ3n) is 3.25. The van der Waals surface area contributed by atoms with Crippen molar-refractivity contribution >= 4 is 23.2 Å². The Labute approximate surface area is 121 Å². The molecule has 2 amide bonds. The van der Waals surface area contributed by atoms with Crippen molar-refractivity contribution in [2.24, 2.45) is 5.73 Å². The summed E-state index contributed by atoms with van der Waals surface area (Å²) in [6.07, 6.45) is 0. The van der Waals surface area contributed by atoms with Crippen molar-refractivity contribution in [3.05, 3.63) is 16.1 Å². The van der Waals surface area contributed by atoms with Crippen molar-refractivity contribution in [3.63, 3.8) is 0 Å². The molecule has 0 aromatic carbocycles. The number of piperazine rings is 1. The van der Waals surface area contributed by atoms with Crippen LogP contribution in [0.15, 0.2) is 5.38 Å². The summed E-state index contributed by atoms with van der Waals surface area (Å²) in [5.41, 5.74) is 5.97. The summed E-state index contributed by atoms with van der Waals surface area (Å²) in [5, 5.41) is 5.12. The fourth-order valence-corrected chi connectivity index (χ4v) is 2.70. The summed E-state index contributed by atoms with van der Waals surface area (Å²) in [6, 6.07) is 0. The average Bonchev–Trinajstić information content (AvgIpc) is 2.96. The van der Waals surface area contributed by atoms with E-state index in [2.05, 4.69) is 10.3 Å². The number of amides is 2. The van der Waals surface area contributed by atoms with Crippen molar-refractivity contribution in [1.82, 2.24) is 20.1 Å². The van der Waals surface area contributed by atoms with Crippen LogP contribution in [-0.2, 0) is 11.3 Å². The Bertz CT molecular complexity index is 482. The predicted octanol–water partition coefficient (Wildman–Crippen LogP) is -0.894. The van der Waals surface area contributed by atoms with Gasteiger partial charge in [0.1, 0.15) is 10.7 Å². The summed E-state index contributed by atoms with van der Waals surface area (Å²) in [6.45, 7) is 3.38. The minimum atomic E-state index is -0.0551. The van der Waals surface area contributed by atoms with Crippen molar-refractivity contribution in [2.75, 3.05) is 39.8 Å². The minimum Gasteiger partial charge on any atom is -0.358 e. The van der Waals surface area contributed by atoms with E-state index in [1.807, 2.05) is 4.90 Å². The second-order valence-corrected chi connectivity index (χ2v) is 5.51. The van der Waals surface area contributed by atoms with Gasteiger partial charge in [-0.3, -0.25) is 14.5 Å². The van der Waals surface area contributed by atoms with Crippen molar-refractivity contribution in [3.8, 4) is 0 Å². The maximum atomic E-state index is 12.2. The topological polar surface area (TPSA) is 91.6 Å². The molecule has 2 heterocycles. The molecule has 0 spiro atoms. The van der Waals surface area contributed by atoms with Gasteiger partial charge in [0.15, 0.2) is 0 Å². The summed E-state index contributed by atoms with van der Waals surface area (Å²) < 4.78 is 0. The molecule has 110 valence electrons. The van der Waals surface area contributed by atoms with Crippen LogP contribution >= 0.6 is 11.3 Å². The maximum absolute atomic E-state index is 12.2. The second-order valence-electron chi connectivity index (χ2n) is 4.57. The van der Waals surface area contributed by atoms with E-state index in [9.17, 15) is 9.59 Å². The SMILES string of the molecule is CNC(=O)CN1CCN(C(=O)c2csc(CN)n2)CC1. The summed E-state index contributed by atoms with van der Waals surface area (Å²) in [4.78, 5) is 31.6. The number of likely N-dealkylation sites (N-methyl/N-ethyl adjacent to an activating group) is 1. The van der Waals surface area contributed by atoms with Crippen LogP contribution in [0.3, 0.4) is 0 Å². The molecule has 1 aromatic rings. The zero-order chi connectivity index (χ0) is 14.5. The van der Waals surface area contributed by atoms with E-state index in [1.54, 1.807) is 17.3 Å². The monoisotopic (exact) mass is 297 g/mol. The molecule has 20 heavy (non-hydrogen) atoms. The first-order chi connectivity index (χ1) is 9.63. The number of hydrogen-bond donors (Lipinski definition) is 2. The summed E-state index contributed by atoms with van der Waals surface area (Å²) >= 11 is 1.41. The summed E-state index contributed by atoms with van der Waals surface area (Å²) in [7, 11) is 1.62. The van der Waals surface area contributed by atoms with Crippen LogP contribution in [-0.4, -0.2) is 66.4 Å². The molecule has 2 rings (SSSR count). The molecular weight excluding hydrogens is 278 g/mol. The first-order valence-corrected chi connectivity index (χ1v) is 7.38. The van der Waals surface area contributed by atoms with Crippen LogP contribution in [0.4, 0.5) is 0 Å². The lowest BCUT2D eigenvalue weighted by Gasteiger charge is -2.33. The van der Waals surface area contributed by atoms with Gasteiger partial charge in [-0.1, -0.05) is 0 Å². The molecule has 1 fully saturated rings. The Balaban J connectivity index is 1.87. The Hall–Kier alpha value is -1.51. The Morgan fingerprint density at radius 3 is 2.65 bits per heavy atom. The molecule has 7 nitrogen and oxygen atoms in total. The highest BCUT2D eigenvalue weighted by Crippen LogP contribution is 2.12. The molecule has 0 bridgehead atoms. The maximum Gasteiger partial charge on any atom is 0.273 e. The molecule has 1 saturated heterocycles. The van der Waals surface area contributed by atoms with Crippen molar-refractivity contribution in [1.29, 1.82) is 0 Å². The third-order valence-corrected chi connectivity index (χ3v) is 4.12. The normalized spacial score (nSPS) is 16.2. The highest BCUT2D eigenvalue weighted by Gasteiger charge is 2.24. The van der Waals surface area contributed by atoms with E-state index < -0.39 is 0 Å². The molecule has 0 atom stereocenters. The van der Waals surface area contributed by atoms with E-state index in [-0.39, 0.29) is 11.8 Å². The van der Waals surface area contributed by atoms with Gasteiger partial charge in [-0.25, -0.2) is 4.98 Å². The Morgan fingerprint density at radius 2 is 2.10 bits per heavy atom. The number of carbonyl (C=O) groups is 2. The van der Waals surface area contributed by atoms with E-state index in [0.717, 1.165) is 5.01 Å². The number of hydrogen-bond acceptors (Lipinski definition) is 6. The largest absolute Gasteiger partial charge is 0.358 e. The van der Waals surface area contributed by atoms with Gasteiger partial charge in [0.05, 0.1) is 6.54 Å².